The predicted molar refractivity (Wildman–Crippen MR) is 102 cm³/mol. The van der Waals surface area contributed by atoms with Gasteiger partial charge in [-0.05, 0) is 30.3 Å². The SMILES string of the molecule is Nc1cc(C(=O)O)ccc1C(=O)O.Nc1ccccc1.c1ccccc1. The Kier molecular flexibility index (Phi) is 8.47. The van der Waals surface area contributed by atoms with E-state index in [9.17, 15) is 9.59 Å². The minimum Gasteiger partial charge on any atom is -0.478 e. The van der Waals surface area contributed by atoms with Crippen LogP contribution in [0, 0.1) is 0 Å². The van der Waals surface area contributed by atoms with Crippen LogP contribution < -0.4 is 11.5 Å². The predicted octanol–water partition coefficient (Wildman–Crippen LogP) is 3.62. The quantitative estimate of drug-likeness (QED) is 0.522. The van der Waals surface area contributed by atoms with E-state index in [-0.39, 0.29) is 16.8 Å². The summed E-state index contributed by atoms with van der Waals surface area (Å²) in [6.07, 6.45) is 0. The second-order valence-electron chi connectivity index (χ2n) is 4.98. The van der Waals surface area contributed by atoms with Gasteiger partial charge in [0.05, 0.1) is 11.1 Å². The summed E-state index contributed by atoms with van der Waals surface area (Å²) in [6.45, 7) is 0. The molecule has 134 valence electrons. The van der Waals surface area contributed by atoms with Gasteiger partial charge in [-0.1, -0.05) is 54.6 Å². The van der Waals surface area contributed by atoms with Crippen molar-refractivity contribution in [2.45, 2.75) is 0 Å². The van der Waals surface area contributed by atoms with E-state index in [0.29, 0.717) is 0 Å². The van der Waals surface area contributed by atoms with Gasteiger partial charge in [-0.25, -0.2) is 9.59 Å². The van der Waals surface area contributed by atoms with Crippen molar-refractivity contribution in [3.05, 3.63) is 96.1 Å². The van der Waals surface area contributed by atoms with E-state index in [4.69, 9.17) is 21.7 Å². The van der Waals surface area contributed by atoms with E-state index in [0.717, 1.165) is 11.8 Å². The minimum absolute atomic E-state index is 0.0255. The van der Waals surface area contributed by atoms with Crippen LogP contribution in [0.25, 0.3) is 0 Å². The summed E-state index contributed by atoms with van der Waals surface area (Å²) in [7, 11) is 0. The lowest BCUT2D eigenvalue weighted by Crippen LogP contribution is -2.05. The number of anilines is 2. The van der Waals surface area contributed by atoms with E-state index < -0.39 is 11.9 Å². The molecule has 0 aromatic heterocycles. The number of nitrogen functional groups attached to an aromatic ring is 2. The lowest BCUT2D eigenvalue weighted by molar-refractivity contribution is 0.0682. The topological polar surface area (TPSA) is 127 Å². The normalized spacial score (nSPS) is 8.92. The Hall–Kier alpha value is -3.80. The summed E-state index contributed by atoms with van der Waals surface area (Å²) in [6, 6.07) is 25.0. The fourth-order valence-corrected chi connectivity index (χ4v) is 1.73. The number of carbonyl (C=O) groups is 2. The van der Waals surface area contributed by atoms with Gasteiger partial charge >= 0.3 is 11.9 Å². The molecule has 0 radical (unpaired) electrons. The Bertz CT molecular complexity index is 795. The molecule has 0 atom stereocenters. The maximum Gasteiger partial charge on any atom is 0.337 e. The molecule has 0 aliphatic heterocycles. The molecular formula is C20H20N2O4. The molecule has 6 heteroatoms. The molecule has 6 nitrogen and oxygen atoms in total. The standard InChI is InChI=1S/C8H7NO4.C6H7N.C6H6/c9-6-3-4(7(10)11)1-2-5(6)8(12)13;7-6-4-2-1-3-5-6;1-2-4-6-5-3-1/h1-3H,9H2,(H,10,11)(H,12,13);1-5H,7H2;1-6H. The zero-order valence-corrected chi connectivity index (χ0v) is 13.9. The molecule has 0 amide bonds. The maximum absolute atomic E-state index is 10.5. The minimum atomic E-state index is -1.17. The van der Waals surface area contributed by atoms with Crippen LogP contribution in [0.2, 0.25) is 0 Å². The van der Waals surface area contributed by atoms with Crippen LogP contribution in [0.15, 0.2) is 84.9 Å². The molecule has 0 bridgehead atoms. The number of carboxylic acids is 2. The summed E-state index contributed by atoms with van der Waals surface area (Å²) < 4.78 is 0. The van der Waals surface area contributed by atoms with Gasteiger partial charge in [-0.3, -0.25) is 0 Å². The van der Waals surface area contributed by atoms with E-state index in [1.807, 2.05) is 66.7 Å². The summed E-state index contributed by atoms with van der Waals surface area (Å²) in [4.78, 5) is 20.9. The molecule has 0 fully saturated rings. The summed E-state index contributed by atoms with van der Waals surface area (Å²) in [5.41, 5.74) is 11.3. The number of hydrogen-bond donors (Lipinski definition) is 4. The maximum atomic E-state index is 10.5. The van der Waals surface area contributed by atoms with Crippen LogP contribution >= 0.6 is 0 Å². The van der Waals surface area contributed by atoms with E-state index in [2.05, 4.69) is 0 Å². The fourth-order valence-electron chi connectivity index (χ4n) is 1.73. The first-order valence-corrected chi connectivity index (χ1v) is 7.58. The molecule has 0 heterocycles. The van der Waals surface area contributed by atoms with Crippen LogP contribution in [0.4, 0.5) is 11.4 Å². The Labute approximate surface area is 151 Å². The number of para-hydroxylation sites is 1. The first-order valence-electron chi connectivity index (χ1n) is 7.58. The number of hydrogen-bond acceptors (Lipinski definition) is 4. The average molecular weight is 352 g/mol. The fraction of sp³-hybridized carbons (Fsp3) is 0. The third kappa shape index (κ3) is 7.65. The molecule has 0 spiro atoms. The molecule has 26 heavy (non-hydrogen) atoms. The molecule has 0 saturated heterocycles. The van der Waals surface area contributed by atoms with Crippen molar-refractivity contribution in [1.82, 2.24) is 0 Å². The van der Waals surface area contributed by atoms with Gasteiger partial charge < -0.3 is 21.7 Å². The molecule has 3 rings (SSSR count). The van der Waals surface area contributed by atoms with Crippen molar-refractivity contribution in [3.8, 4) is 0 Å². The van der Waals surface area contributed by atoms with Crippen molar-refractivity contribution >= 4 is 23.3 Å². The second-order valence-corrected chi connectivity index (χ2v) is 4.98. The first-order chi connectivity index (χ1) is 12.4. The van der Waals surface area contributed by atoms with Crippen molar-refractivity contribution in [1.29, 1.82) is 0 Å². The Morgan fingerprint density at radius 1 is 0.654 bits per heavy atom. The van der Waals surface area contributed by atoms with Gasteiger partial charge in [-0.15, -0.1) is 0 Å². The Morgan fingerprint density at radius 3 is 1.42 bits per heavy atom. The molecule has 0 aliphatic carbocycles. The van der Waals surface area contributed by atoms with Gasteiger partial charge in [0.2, 0.25) is 0 Å². The second kappa shape index (κ2) is 10.9. The van der Waals surface area contributed by atoms with Gasteiger partial charge in [0.1, 0.15) is 0 Å². The van der Waals surface area contributed by atoms with E-state index >= 15 is 0 Å². The van der Waals surface area contributed by atoms with Gasteiger partial charge in [0.15, 0.2) is 0 Å². The summed E-state index contributed by atoms with van der Waals surface area (Å²) in [5, 5.41) is 17.1. The van der Waals surface area contributed by atoms with Crippen LogP contribution in [-0.2, 0) is 0 Å². The van der Waals surface area contributed by atoms with Gasteiger partial charge in [0.25, 0.3) is 0 Å². The Balaban J connectivity index is 0.000000217. The molecule has 3 aromatic rings. The molecule has 6 N–H and O–H groups in total. The molecule has 0 saturated carbocycles. The zero-order valence-electron chi connectivity index (χ0n) is 13.9. The monoisotopic (exact) mass is 352 g/mol. The van der Waals surface area contributed by atoms with E-state index in [1.165, 1.54) is 12.1 Å². The lowest BCUT2D eigenvalue weighted by Gasteiger charge is -2.00. The number of aromatic carboxylic acids is 2. The van der Waals surface area contributed by atoms with Crippen LogP contribution in [0.3, 0.4) is 0 Å². The van der Waals surface area contributed by atoms with Gasteiger partial charge in [-0.2, -0.15) is 0 Å². The highest BCUT2D eigenvalue weighted by Crippen LogP contribution is 2.14. The lowest BCUT2D eigenvalue weighted by atomic mass is 10.1. The zero-order chi connectivity index (χ0) is 19.4. The van der Waals surface area contributed by atoms with Crippen molar-refractivity contribution in [2.75, 3.05) is 11.5 Å². The largest absolute Gasteiger partial charge is 0.478 e. The summed E-state index contributed by atoms with van der Waals surface area (Å²) >= 11 is 0. The highest BCUT2D eigenvalue weighted by Gasteiger charge is 2.10. The van der Waals surface area contributed by atoms with Crippen LogP contribution in [0.1, 0.15) is 20.7 Å². The highest BCUT2D eigenvalue weighted by atomic mass is 16.4. The molecular weight excluding hydrogens is 332 g/mol. The van der Waals surface area contributed by atoms with Gasteiger partial charge in [0, 0.05) is 11.4 Å². The van der Waals surface area contributed by atoms with Crippen molar-refractivity contribution < 1.29 is 19.8 Å². The Morgan fingerprint density at radius 2 is 1.12 bits per heavy atom. The third-order valence-corrected chi connectivity index (χ3v) is 3.00. The summed E-state index contributed by atoms with van der Waals surface area (Å²) in [5.74, 6) is -2.31. The van der Waals surface area contributed by atoms with Crippen LogP contribution in [-0.4, -0.2) is 22.2 Å². The smallest absolute Gasteiger partial charge is 0.337 e. The van der Waals surface area contributed by atoms with E-state index in [1.54, 1.807) is 0 Å². The molecule has 0 unspecified atom stereocenters. The van der Waals surface area contributed by atoms with Crippen molar-refractivity contribution in [3.63, 3.8) is 0 Å². The number of carboxylic acid groups (broad SMARTS) is 2. The third-order valence-electron chi connectivity index (χ3n) is 3.00. The highest BCUT2D eigenvalue weighted by molar-refractivity contribution is 5.96. The number of rotatable bonds is 2. The van der Waals surface area contributed by atoms with Crippen molar-refractivity contribution in [2.24, 2.45) is 0 Å². The van der Waals surface area contributed by atoms with Crippen LogP contribution in [0.5, 0.6) is 0 Å². The molecule has 3 aromatic carbocycles. The first kappa shape index (κ1) is 20.2. The number of nitrogens with two attached hydrogens (primary N) is 2. The molecule has 0 aliphatic rings. The number of benzene rings is 3. The average Bonchev–Trinajstić information content (AvgIpc) is 2.64.